The van der Waals surface area contributed by atoms with Crippen LogP contribution >= 0.6 is 11.6 Å². The predicted octanol–water partition coefficient (Wildman–Crippen LogP) is 0.502. The third-order valence-electron chi connectivity index (χ3n) is 2.11. The highest BCUT2D eigenvalue weighted by atomic mass is 35.5. The standard InChI is InChI=1S/C10H18ClN5O2/c1-3-4-12-8-14-7(11)15-9(16-8)13-5-10(2,18)6-17/h17-18H,3-6H2,1-2H3,(H2,12,13,14,15,16). The fraction of sp³-hybridized carbons (Fsp3) is 0.700. The maximum atomic E-state index is 9.63. The molecule has 8 heteroatoms. The molecule has 0 saturated carbocycles. The van der Waals surface area contributed by atoms with Crippen LogP contribution in [0.1, 0.15) is 20.3 Å². The third-order valence-corrected chi connectivity index (χ3v) is 2.28. The van der Waals surface area contributed by atoms with E-state index in [1.807, 2.05) is 6.92 Å². The molecule has 18 heavy (non-hydrogen) atoms. The number of rotatable bonds is 7. The summed E-state index contributed by atoms with van der Waals surface area (Å²) in [7, 11) is 0. The van der Waals surface area contributed by atoms with Crippen LogP contribution in [0, 0.1) is 0 Å². The van der Waals surface area contributed by atoms with E-state index in [-0.39, 0.29) is 24.4 Å². The molecule has 1 heterocycles. The molecule has 1 aromatic rings. The van der Waals surface area contributed by atoms with Gasteiger partial charge in [0.05, 0.1) is 6.61 Å². The average Bonchev–Trinajstić information content (AvgIpc) is 2.33. The molecular formula is C10H18ClN5O2. The smallest absolute Gasteiger partial charge is 0.228 e. The van der Waals surface area contributed by atoms with Crippen molar-refractivity contribution in [1.82, 2.24) is 15.0 Å². The highest BCUT2D eigenvalue weighted by Crippen LogP contribution is 2.11. The van der Waals surface area contributed by atoms with E-state index in [2.05, 4.69) is 25.6 Å². The molecule has 0 aliphatic rings. The highest BCUT2D eigenvalue weighted by Gasteiger charge is 2.19. The molecule has 4 N–H and O–H groups in total. The second kappa shape index (κ2) is 6.67. The van der Waals surface area contributed by atoms with Crippen molar-refractivity contribution in [2.75, 3.05) is 30.3 Å². The van der Waals surface area contributed by atoms with Crippen LogP contribution in [0.25, 0.3) is 0 Å². The van der Waals surface area contributed by atoms with Gasteiger partial charge < -0.3 is 20.8 Å². The lowest BCUT2D eigenvalue weighted by molar-refractivity contribution is 0.0131. The van der Waals surface area contributed by atoms with Gasteiger partial charge in [0.1, 0.15) is 5.60 Å². The summed E-state index contributed by atoms with van der Waals surface area (Å²) in [6, 6.07) is 0. The van der Waals surface area contributed by atoms with Crippen LogP contribution in [0.4, 0.5) is 11.9 Å². The first-order valence-electron chi connectivity index (χ1n) is 5.69. The van der Waals surface area contributed by atoms with Gasteiger partial charge in [-0.25, -0.2) is 0 Å². The van der Waals surface area contributed by atoms with Gasteiger partial charge in [-0.05, 0) is 24.9 Å². The summed E-state index contributed by atoms with van der Waals surface area (Å²) >= 11 is 5.76. The van der Waals surface area contributed by atoms with E-state index in [9.17, 15) is 5.11 Å². The Balaban J connectivity index is 2.68. The molecule has 0 aliphatic carbocycles. The van der Waals surface area contributed by atoms with Gasteiger partial charge in [-0.2, -0.15) is 15.0 Å². The molecule has 0 spiro atoms. The lowest BCUT2D eigenvalue weighted by Crippen LogP contribution is -2.37. The third kappa shape index (κ3) is 4.99. The fourth-order valence-electron chi connectivity index (χ4n) is 1.07. The maximum Gasteiger partial charge on any atom is 0.228 e. The number of aliphatic hydroxyl groups excluding tert-OH is 1. The van der Waals surface area contributed by atoms with E-state index in [0.717, 1.165) is 13.0 Å². The van der Waals surface area contributed by atoms with Gasteiger partial charge >= 0.3 is 0 Å². The van der Waals surface area contributed by atoms with Crippen LogP contribution < -0.4 is 10.6 Å². The van der Waals surface area contributed by atoms with Gasteiger partial charge in [-0.15, -0.1) is 0 Å². The fourth-order valence-corrected chi connectivity index (χ4v) is 1.23. The van der Waals surface area contributed by atoms with Gasteiger partial charge in [-0.1, -0.05) is 6.92 Å². The Morgan fingerprint density at radius 1 is 1.22 bits per heavy atom. The van der Waals surface area contributed by atoms with E-state index >= 15 is 0 Å². The summed E-state index contributed by atoms with van der Waals surface area (Å²) in [6.07, 6.45) is 0.936. The molecule has 0 aromatic carbocycles. The molecule has 0 aliphatic heterocycles. The topological polar surface area (TPSA) is 103 Å². The van der Waals surface area contributed by atoms with Crippen LogP contribution in [-0.2, 0) is 0 Å². The zero-order chi connectivity index (χ0) is 13.6. The van der Waals surface area contributed by atoms with E-state index in [4.69, 9.17) is 16.7 Å². The Labute approximate surface area is 111 Å². The number of aliphatic hydroxyl groups is 2. The Morgan fingerprint density at radius 2 is 1.83 bits per heavy atom. The van der Waals surface area contributed by atoms with Gasteiger partial charge in [0.2, 0.25) is 17.2 Å². The first kappa shape index (κ1) is 14.9. The number of aromatic nitrogens is 3. The minimum Gasteiger partial charge on any atom is -0.393 e. The number of anilines is 2. The Hall–Kier alpha value is -1.18. The van der Waals surface area contributed by atoms with Crippen LogP contribution in [0.5, 0.6) is 0 Å². The Bertz CT molecular complexity index is 389. The zero-order valence-corrected chi connectivity index (χ0v) is 11.2. The number of nitrogens with one attached hydrogen (secondary N) is 2. The minimum atomic E-state index is -1.24. The maximum absolute atomic E-state index is 9.63. The van der Waals surface area contributed by atoms with Crippen molar-refractivity contribution in [3.8, 4) is 0 Å². The van der Waals surface area contributed by atoms with Gasteiger partial charge in [0.15, 0.2) is 0 Å². The molecule has 1 aromatic heterocycles. The number of hydrogen-bond acceptors (Lipinski definition) is 7. The summed E-state index contributed by atoms with van der Waals surface area (Å²) in [4.78, 5) is 11.9. The average molecular weight is 276 g/mol. The summed E-state index contributed by atoms with van der Waals surface area (Å²) in [5.41, 5.74) is -1.24. The quantitative estimate of drug-likeness (QED) is 0.575. The van der Waals surface area contributed by atoms with Gasteiger partial charge in [-0.3, -0.25) is 0 Å². The molecule has 0 fully saturated rings. The molecule has 1 atom stereocenters. The van der Waals surface area contributed by atoms with E-state index in [1.54, 1.807) is 0 Å². The van der Waals surface area contributed by atoms with E-state index < -0.39 is 5.60 Å². The summed E-state index contributed by atoms with van der Waals surface area (Å²) in [5.74, 6) is 0.630. The first-order chi connectivity index (χ1) is 8.46. The minimum absolute atomic E-state index is 0.0646. The number of halogens is 1. The van der Waals surface area contributed by atoms with Crippen LogP contribution in [0.3, 0.4) is 0 Å². The lowest BCUT2D eigenvalue weighted by Gasteiger charge is -2.20. The molecule has 7 nitrogen and oxygen atoms in total. The molecular weight excluding hydrogens is 258 g/mol. The van der Waals surface area contributed by atoms with Crippen molar-refractivity contribution in [2.45, 2.75) is 25.9 Å². The molecule has 1 unspecified atom stereocenters. The van der Waals surface area contributed by atoms with Crippen LogP contribution in [-0.4, -0.2) is 50.5 Å². The SMILES string of the molecule is CCCNc1nc(Cl)nc(NCC(C)(O)CO)n1. The van der Waals surface area contributed by atoms with Crippen molar-refractivity contribution in [2.24, 2.45) is 0 Å². The van der Waals surface area contributed by atoms with Crippen LogP contribution in [0.15, 0.2) is 0 Å². The van der Waals surface area contributed by atoms with Crippen molar-refractivity contribution >= 4 is 23.5 Å². The van der Waals surface area contributed by atoms with Crippen molar-refractivity contribution in [3.05, 3.63) is 5.28 Å². The monoisotopic (exact) mass is 275 g/mol. The molecule has 0 bridgehead atoms. The van der Waals surface area contributed by atoms with Crippen molar-refractivity contribution in [3.63, 3.8) is 0 Å². The summed E-state index contributed by atoms with van der Waals surface area (Å²) < 4.78 is 0. The van der Waals surface area contributed by atoms with Gasteiger partial charge in [0.25, 0.3) is 0 Å². The van der Waals surface area contributed by atoms with Crippen LogP contribution in [0.2, 0.25) is 5.28 Å². The second-order valence-electron chi connectivity index (χ2n) is 4.19. The normalized spacial score (nSPS) is 14.1. The van der Waals surface area contributed by atoms with Crippen molar-refractivity contribution < 1.29 is 10.2 Å². The summed E-state index contributed by atoms with van der Waals surface area (Å²) in [5, 5.41) is 24.4. The van der Waals surface area contributed by atoms with Crippen molar-refractivity contribution in [1.29, 1.82) is 0 Å². The lowest BCUT2D eigenvalue weighted by atomic mass is 10.1. The molecule has 0 saturated heterocycles. The molecule has 0 radical (unpaired) electrons. The summed E-state index contributed by atoms with van der Waals surface area (Å²) in [6.45, 7) is 4.00. The predicted molar refractivity (Wildman–Crippen MR) is 69.8 cm³/mol. The van der Waals surface area contributed by atoms with Gasteiger partial charge in [0, 0.05) is 13.1 Å². The van der Waals surface area contributed by atoms with E-state index in [0.29, 0.717) is 5.95 Å². The highest BCUT2D eigenvalue weighted by molar-refractivity contribution is 6.28. The zero-order valence-electron chi connectivity index (χ0n) is 10.4. The largest absolute Gasteiger partial charge is 0.393 e. The molecule has 0 amide bonds. The number of nitrogens with zero attached hydrogens (tertiary/aromatic N) is 3. The van der Waals surface area contributed by atoms with E-state index in [1.165, 1.54) is 6.92 Å². The first-order valence-corrected chi connectivity index (χ1v) is 6.07. The second-order valence-corrected chi connectivity index (χ2v) is 4.53. The Morgan fingerprint density at radius 3 is 2.39 bits per heavy atom. The number of hydrogen-bond donors (Lipinski definition) is 4. The Kier molecular flexibility index (Phi) is 5.52. The molecule has 102 valence electrons. The molecule has 1 rings (SSSR count).